The van der Waals surface area contributed by atoms with Crippen LogP contribution in [0.5, 0.6) is 0 Å². The van der Waals surface area contributed by atoms with Gasteiger partial charge in [-0.3, -0.25) is 14.6 Å². The lowest BCUT2D eigenvalue weighted by Gasteiger charge is -2.16. The van der Waals surface area contributed by atoms with Gasteiger partial charge >= 0.3 is 5.97 Å². The molecular formula is C13H17N3O3. The molecule has 1 aromatic rings. The molecule has 1 aliphatic heterocycles. The molecule has 0 radical (unpaired) electrons. The molecule has 0 saturated carbocycles. The van der Waals surface area contributed by atoms with Crippen molar-refractivity contribution in [2.75, 3.05) is 13.1 Å². The summed E-state index contributed by atoms with van der Waals surface area (Å²) in [5.41, 5.74) is 6.65. The number of hydrogen-bond acceptors (Lipinski definition) is 4. The van der Waals surface area contributed by atoms with Crippen LogP contribution in [0.2, 0.25) is 0 Å². The van der Waals surface area contributed by atoms with Crippen LogP contribution in [0.3, 0.4) is 0 Å². The average molecular weight is 263 g/mol. The molecule has 0 aliphatic carbocycles. The number of aromatic nitrogens is 1. The number of carboxylic acid groups (broad SMARTS) is 1. The average Bonchev–Trinajstić information content (AvgIpc) is 2.80. The van der Waals surface area contributed by atoms with Crippen molar-refractivity contribution >= 4 is 11.9 Å². The van der Waals surface area contributed by atoms with Crippen molar-refractivity contribution in [3.8, 4) is 0 Å². The lowest BCUT2D eigenvalue weighted by Crippen LogP contribution is -2.30. The highest BCUT2D eigenvalue weighted by atomic mass is 16.4. The zero-order chi connectivity index (χ0) is 14.0. The predicted molar refractivity (Wildman–Crippen MR) is 68.3 cm³/mol. The van der Waals surface area contributed by atoms with Crippen molar-refractivity contribution < 1.29 is 14.7 Å². The zero-order valence-corrected chi connectivity index (χ0v) is 10.7. The topological polar surface area (TPSA) is 96.5 Å². The predicted octanol–water partition coefficient (Wildman–Crippen LogP) is 0.333. The van der Waals surface area contributed by atoms with Crippen LogP contribution >= 0.6 is 0 Å². The van der Waals surface area contributed by atoms with Crippen molar-refractivity contribution in [1.82, 2.24) is 9.88 Å². The van der Waals surface area contributed by atoms with E-state index in [0.29, 0.717) is 17.8 Å². The molecule has 1 aliphatic rings. The van der Waals surface area contributed by atoms with E-state index < -0.39 is 11.9 Å². The number of carboxylic acids is 1. The monoisotopic (exact) mass is 263 g/mol. The number of carbonyl (C=O) groups is 2. The summed E-state index contributed by atoms with van der Waals surface area (Å²) in [5, 5.41) is 9.07. The smallest absolute Gasteiger partial charge is 0.308 e. The van der Waals surface area contributed by atoms with Crippen LogP contribution in [0.15, 0.2) is 18.3 Å². The van der Waals surface area contributed by atoms with E-state index in [2.05, 4.69) is 4.98 Å². The fourth-order valence-corrected chi connectivity index (χ4v) is 2.36. The fraction of sp³-hybridized carbons (Fsp3) is 0.462. The Balaban J connectivity index is 2.14. The second kappa shape index (κ2) is 5.36. The lowest BCUT2D eigenvalue weighted by atomic mass is 9.99. The number of likely N-dealkylation sites (tertiary alicyclic amines) is 1. The van der Waals surface area contributed by atoms with Crippen LogP contribution in [-0.4, -0.2) is 40.0 Å². The third-order valence-corrected chi connectivity index (χ3v) is 3.49. The summed E-state index contributed by atoms with van der Waals surface area (Å²) in [7, 11) is 0. The highest BCUT2D eigenvalue weighted by Crippen LogP contribution is 2.24. The molecule has 0 unspecified atom stereocenters. The second-order valence-electron chi connectivity index (χ2n) is 4.87. The first-order valence-electron chi connectivity index (χ1n) is 6.20. The van der Waals surface area contributed by atoms with Crippen molar-refractivity contribution in [2.24, 2.45) is 17.6 Å². The number of amides is 1. The van der Waals surface area contributed by atoms with Gasteiger partial charge in [0.2, 0.25) is 0 Å². The van der Waals surface area contributed by atoms with Gasteiger partial charge in [-0.1, -0.05) is 6.92 Å². The maximum absolute atomic E-state index is 12.3. The van der Waals surface area contributed by atoms with Gasteiger partial charge in [0, 0.05) is 31.4 Å². The molecule has 102 valence electrons. The standard InChI is InChI=1S/C13H17N3O3/c1-8-6-16(7-11(8)13(18)19)12(17)9-2-3-15-10(4-9)5-14/h2-4,8,11H,5-7,14H2,1H3,(H,18,19)/t8-,11-/m1/s1. The van der Waals surface area contributed by atoms with Crippen LogP contribution in [0, 0.1) is 11.8 Å². The summed E-state index contributed by atoms with van der Waals surface area (Å²) in [4.78, 5) is 29.0. The van der Waals surface area contributed by atoms with Gasteiger partial charge in [-0.15, -0.1) is 0 Å². The molecule has 0 aromatic carbocycles. The van der Waals surface area contributed by atoms with Crippen molar-refractivity contribution in [1.29, 1.82) is 0 Å². The van der Waals surface area contributed by atoms with E-state index in [1.165, 1.54) is 0 Å². The maximum atomic E-state index is 12.3. The summed E-state index contributed by atoms with van der Waals surface area (Å²) in [6, 6.07) is 3.28. The Kier molecular flexibility index (Phi) is 3.80. The molecule has 1 amide bonds. The highest BCUT2D eigenvalue weighted by molar-refractivity contribution is 5.94. The minimum atomic E-state index is -0.847. The Morgan fingerprint density at radius 3 is 2.84 bits per heavy atom. The summed E-state index contributed by atoms with van der Waals surface area (Å²) in [6.45, 7) is 2.85. The fourth-order valence-electron chi connectivity index (χ4n) is 2.36. The molecule has 2 atom stereocenters. The minimum absolute atomic E-state index is 0.0303. The summed E-state index contributed by atoms with van der Waals surface area (Å²) in [6.07, 6.45) is 1.55. The Morgan fingerprint density at radius 1 is 1.53 bits per heavy atom. The molecule has 6 heteroatoms. The number of nitrogens with zero attached hydrogens (tertiary/aromatic N) is 2. The Bertz CT molecular complexity index is 504. The largest absolute Gasteiger partial charge is 0.481 e. The van der Waals surface area contributed by atoms with E-state index in [4.69, 9.17) is 10.8 Å². The van der Waals surface area contributed by atoms with Crippen LogP contribution < -0.4 is 5.73 Å². The molecule has 1 fully saturated rings. The Labute approximate surface area is 111 Å². The van der Waals surface area contributed by atoms with Gasteiger partial charge in [0.05, 0.1) is 11.6 Å². The van der Waals surface area contributed by atoms with Crippen LogP contribution in [-0.2, 0) is 11.3 Å². The number of rotatable bonds is 3. The molecule has 1 aromatic heterocycles. The van der Waals surface area contributed by atoms with Gasteiger partial charge in [0.25, 0.3) is 5.91 Å². The first kappa shape index (κ1) is 13.5. The van der Waals surface area contributed by atoms with Gasteiger partial charge in [0.15, 0.2) is 0 Å². The van der Waals surface area contributed by atoms with Crippen LogP contribution in [0.1, 0.15) is 23.0 Å². The van der Waals surface area contributed by atoms with Gasteiger partial charge in [-0.2, -0.15) is 0 Å². The van der Waals surface area contributed by atoms with Crippen LogP contribution in [0.4, 0.5) is 0 Å². The quantitative estimate of drug-likeness (QED) is 0.819. The third-order valence-electron chi connectivity index (χ3n) is 3.49. The van der Waals surface area contributed by atoms with E-state index in [9.17, 15) is 9.59 Å². The molecule has 1 saturated heterocycles. The SMILES string of the molecule is C[C@@H]1CN(C(=O)c2ccnc(CN)c2)C[C@H]1C(=O)O. The van der Waals surface area contributed by atoms with Gasteiger partial charge in [-0.05, 0) is 18.1 Å². The molecule has 0 bridgehead atoms. The molecule has 2 heterocycles. The van der Waals surface area contributed by atoms with Gasteiger partial charge < -0.3 is 15.7 Å². The Morgan fingerprint density at radius 2 is 2.26 bits per heavy atom. The first-order chi connectivity index (χ1) is 9.02. The number of nitrogens with two attached hydrogens (primary N) is 1. The van der Waals surface area contributed by atoms with E-state index in [1.54, 1.807) is 23.2 Å². The van der Waals surface area contributed by atoms with E-state index in [-0.39, 0.29) is 24.9 Å². The lowest BCUT2D eigenvalue weighted by molar-refractivity contribution is -0.142. The molecule has 2 rings (SSSR count). The zero-order valence-electron chi connectivity index (χ0n) is 10.7. The number of carbonyl (C=O) groups excluding carboxylic acids is 1. The first-order valence-corrected chi connectivity index (χ1v) is 6.20. The molecule has 0 spiro atoms. The summed E-state index contributed by atoms with van der Waals surface area (Å²) >= 11 is 0. The number of aliphatic carboxylic acids is 1. The van der Waals surface area contributed by atoms with Crippen molar-refractivity contribution in [2.45, 2.75) is 13.5 Å². The van der Waals surface area contributed by atoms with Crippen LogP contribution in [0.25, 0.3) is 0 Å². The second-order valence-corrected chi connectivity index (χ2v) is 4.87. The van der Waals surface area contributed by atoms with Crippen molar-refractivity contribution in [3.05, 3.63) is 29.6 Å². The summed E-state index contributed by atoms with van der Waals surface area (Å²) < 4.78 is 0. The maximum Gasteiger partial charge on any atom is 0.308 e. The highest BCUT2D eigenvalue weighted by Gasteiger charge is 2.37. The number of pyridine rings is 1. The summed E-state index contributed by atoms with van der Waals surface area (Å²) in [5.74, 6) is -1.52. The number of hydrogen-bond donors (Lipinski definition) is 2. The third kappa shape index (κ3) is 2.73. The minimum Gasteiger partial charge on any atom is -0.481 e. The molecule has 19 heavy (non-hydrogen) atoms. The van der Waals surface area contributed by atoms with Crippen molar-refractivity contribution in [3.63, 3.8) is 0 Å². The Hall–Kier alpha value is -1.95. The van der Waals surface area contributed by atoms with Gasteiger partial charge in [-0.25, -0.2) is 0 Å². The molecular weight excluding hydrogens is 246 g/mol. The van der Waals surface area contributed by atoms with E-state index in [1.807, 2.05) is 6.92 Å². The normalized spacial score (nSPS) is 22.5. The van der Waals surface area contributed by atoms with E-state index >= 15 is 0 Å². The van der Waals surface area contributed by atoms with Gasteiger partial charge in [0.1, 0.15) is 0 Å². The molecule has 3 N–H and O–H groups in total. The molecule has 6 nitrogen and oxygen atoms in total. The van der Waals surface area contributed by atoms with E-state index in [0.717, 1.165) is 0 Å².